The lowest BCUT2D eigenvalue weighted by Gasteiger charge is -2.19. The lowest BCUT2D eigenvalue weighted by molar-refractivity contribution is -0.120. The van der Waals surface area contributed by atoms with E-state index >= 15 is 0 Å². The third-order valence-corrected chi connectivity index (χ3v) is 6.01. The topological polar surface area (TPSA) is 86.9 Å². The number of anilines is 1. The van der Waals surface area contributed by atoms with Gasteiger partial charge < -0.3 is 14.6 Å². The molecule has 2 aromatic heterocycles. The van der Waals surface area contributed by atoms with Crippen molar-refractivity contribution in [1.82, 2.24) is 24.5 Å². The van der Waals surface area contributed by atoms with E-state index < -0.39 is 0 Å². The van der Waals surface area contributed by atoms with Gasteiger partial charge in [-0.3, -0.25) is 4.79 Å². The predicted molar refractivity (Wildman–Crippen MR) is 121 cm³/mol. The average Bonchev–Trinajstić information content (AvgIpc) is 3.44. The third-order valence-electron chi connectivity index (χ3n) is 6.01. The number of methoxy groups -OCH3 is 1. The highest BCUT2D eigenvalue weighted by Gasteiger charge is 2.31. The van der Waals surface area contributed by atoms with Crippen molar-refractivity contribution in [1.29, 1.82) is 0 Å². The van der Waals surface area contributed by atoms with E-state index in [-0.39, 0.29) is 17.9 Å². The van der Waals surface area contributed by atoms with Gasteiger partial charge in [-0.2, -0.15) is 0 Å². The minimum atomic E-state index is -0.252. The number of benzene rings is 2. The van der Waals surface area contributed by atoms with Crippen molar-refractivity contribution in [3.8, 4) is 22.7 Å². The quantitative estimate of drug-likeness (QED) is 0.534. The van der Waals surface area contributed by atoms with Gasteiger partial charge in [0, 0.05) is 17.4 Å². The van der Waals surface area contributed by atoms with Crippen molar-refractivity contribution in [3.63, 3.8) is 0 Å². The zero-order valence-electron chi connectivity index (χ0n) is 18.2. The van der Waals surface area contributed by atoms with Crippen molar-refractivity contribution in [2.75, 3.05) is 12.4 Å². The summed E-state index contributed by atoms with van der Waals surface area (Å²) in [6.45, 7) is 3.88. The molecule has 32 heavy (non-hydrogen) atoms. The van der Waals surface area contributed by atoms with Crippen molar-refractivity contribution in [2.45, 2.75) is 26.3 Å². The first-order valence-electron chi connectivity index (χ1n) is 10.5. The van der Waals surface area contributed by atoms with Gasteiger partial charge in [0.1, 0.15) is 11.4 Å². The Balaban J connectivity index is 1.47. The number of hydrogen-bond donors (Lipinski definition) is 1. The van der Waals surface area contributed by atoms with Crippen LogP contribution < -0.4 is 10.1 Å². The van der Waals surface area contributed by atoms with Gasteiger partial charge in [0.25, 0.3) is 0 Å². The highest BCUT2D eigenvalue weighted by atomic mass is 16.5. The van der Waals surface area contributed by atoms with Crippen LogP contribution in [-0.2, 0) is 11.2 Å². The minimum absolute atomic E-state index is 0.0151. The van der Waals surface area contributed by atoms with Crippen LogP contribution in [0.25, 0.3) is 16.9 Å². The van der Waals surface area contributed by atoms with Gasteiger partial charge in [0.15, 0.2) is 0 Å². The summed E-state index contributed by atoms with van der Waals surface area (Å²) in [5.41, 5.74) is 5.40. The van der Waals surface area contributed by atoms with Crippen LogP contribution in [0.3, 0.4) is 0 Å². The summed E-state index contributed by atoms with van der Waals surface area (Å²) in [7, 11) is 1.65. The number of carbonyl (C=O) groups excluding carboxylic acids is 1. The SMILES string of the molecule is COc1cc(-c2cn(C3Cc4ccccc4NC(=O)C3C)nn2)ccc1-n1cnc(C)c1. The molecular weight excluding hydrogens is 404 g/mol. The van der Waals surface area contributed by atoms with Gasteiger partial charge in [-0.25, -0.2) is 9.67 Å². The lowest BCUT2D eigenvalue weighted by atomic mass is 9.96. The van der Waals surface area contributed by atoms with E-state index in [1.165, 1.54) is 0 Å². The summed E-state index contributed by atoms with van der Waals surface area (Å²) in [5.74, 6) is 0.447. The summed E-state index contributed by atoms with van der Waals surface area (Å²) in [6.07, 6.45) is 6.31. The zero-order chi connectivity index (χ0) is 22.2. The molecule has 8 nitrogen and oxygen atoms in total. The van der Waals surface area contributed by atoms with Crippen molar-refractivity contribution >= 4 is 11.6 Å². The number of carbonyl (C=O) groups is 1. The first kappa shape index (κ1) is 20.0. The maximum Gasteiger partial charge on any atom is 0.229 e. The van der Waals surface area contributed by atoms with E-state index in [9.17, 15) is 4.79 Å². The van der Waals surface area contributed by atoms with E-state index in [2.05, 4.69) is 20.6 Å². The molecule has 1 amide bonds. The standard InChI is InChI=1S/C24H24N6O2/c1-15-12-29(14-25-15)21-9-8-18(11-23(21)32-3)20-13-30(28-27-20)22-10-17-6-4-5-7-19(17)26-24(31)16(22)2/h4-9,11-14,16,22H,10H2,1-3H3,(H,26,31). The molecule has 1 aliphatic rings. The normalized spacial score (nSPS) is 18.0. The van der Waals surface area contributed by atoms with Crippen LogP contribution in [0.15, 0.2) is 61.2 Å². The molecule has 1 aliphatic heterocycles. The van der Waals surface area contributed by atoms with Crippen molar-refractivity contribution in [2.24, 2.45) is 5.92 Å². The number of hydrogen-bond acceptors (Lipinski definition) is 5. The number of ether oxygens (including phenoxy) is 1. The highest BCUT2D eigenvalue weighted by Crippen LogP contribution is 2.33. The summed E-state index contributed by atoms with van der Waals surface area (Å²) in [4.78, 5) is 17.0. The Hall–Kier alpha value is -3.94. The Morgan fingerprint density at radius 2 is 2.00 bits per heavy atom. The number of para-hydroxylation sites is 1. The number of imidazole rings is 1. The molecule has 0 saturated carbocycles. The molecule has 0 aliphatic carbocycles. The second-order valence-electron chi connectivity index (χ2n) is 8.10. The molecule has 3 heterocycles. The highest BCUT2D eigenvalue weighted by molar-refractivity contribution is 5.94. The fraction of sp³-hybridized carbons (Fsp3) is 0.250. The molecule has 0 fully saturated rings. The van der Waals surface area contributed by atoms with E-state index in [1.54, 1.807) is 18.1 Å². The summed E-state index contributed by atoms with van der Waals surface area (Å²) in [6, 6.07) is 13.7. The van der Waals surface area contributed by atoms with Gasteiger partial charge in [-0.15, -0.1) is 5.10 Å². The Kier molecular flexibility index (Phi) is 4.97. The molecule has 8 heteroatoms. The smallest absolute Gasteiger partial charge is 0.229 e. The Bertz CT molecular complexity index is 1290. The fourth-order valence-corrected chi connectivity index (χ4v) is 4.14. The largest absolute Gasteiger partial charge is 0.495 e. The number of nitrogens with one attached hydrogen (secondary N) is 1. The summed E-state index contributed by atoms with van der Waals surface area (Å²) >= 11 is 0. The Labute approximate surface area is 185 Å². The van der Waals surface area contributed by atoms with Crippen molar-refractivity contribution in [3.05, 3.63) is 72.4 Å². The van der Waals surface area contributed by atoms with Crippen molar-refractivity contribution < 1.29 is 9.53 Å². The van der Waals surface area contributed by atoms with E-state index in [0.717, 1.165) is 33.9 Å². The van der Waals surface area contributed by atoms with Gasteiger partial charge in [0.05, 0.1) is 43.0 Å². The molecule has 0 bridgehead atoms. The summed E-state index contributed by atoms with van der Waals surface area (Å²) < 4.78 is 9.36. The monoisotopic (exact) mass is 428 g/mol. The maximum atomic E-state index is 12.7. The first-order chi connectivity index (χ1) is 15.5. The second kappa shape index (κ2) is 7.96. The molecule has 0 radical (unpaired) electrons. The molecule has 0 saturated heterocycles. The minimum Gasteiger partial charge on any atom is -0.495 e. The Morgan fingerprint density at radius 1 is 1.16 bits per heavy atom. The number of aromatic nitrogens is 5. The molecule has 2 unspecified atom stereocenters. The number of aryl methyl sites for hydroxylation is 1. The molecule has 4 aromatic rings. The maximum absolute atomic E-state index is 12.7. The van der Waals surface area contributed by atoms with E-state index in [0.29, 0.717) is 12.2 Å². The number of rotatable bonds is 4. The zero-order valence-corrected chi connectivity index (χ0v) is 18.2. The van der Waals surface area contributed by atoms with Crippen LogP contribution in [0.2, 0.25) is 0 Å². The number of amides is 1. The molecular formula is C24H24N6O2. The third kappa shape index (κ3) is 3.53. The molecule has 1 N–H and O–H groups in total. The molecule has 2 aromatic carbocycles. The van der Waals surface area contributed by atoms with Crippen LogP contribution in [0.1, 0.15) is 24.2 Å². The molecule has 2 atom stereocenters. The predicted octanol–water partition coefficient (Wildman–Crippen LogP) is 3.82. The van der Waals surface area contributed by atoms with E-state index in [1.807, 2.05) is 73.3 Å². The van der Waals surface area contributed by atoms with Crippen LogP contribution >= 0.6 is 0 Å². The van der Waals surface area contributed by atoms with Crippen LogP contribution in [0.4, 0.5) is 5.69 Å². The molecule has 5 rings (SSSR count). The summed E-state index contributed by atoms with van der Waals surface area (Å²) in [5, 5.41) is 11.8. The van der Waals surface area contributed by atoms with Gasteiger partial charge in [-0.05, 0) is 37.1 Å². The van der Waals surface area contributed by atoms with E-state index in [4.69, 9.17) is 4.74 Å². The van der Waals surface area contributed by atoms with Gasteiger partial charge >= 0.3 is 0 Å². The number of fused-ring (bicyclic) bond motifs is 1. The van der Waals surface area contributed by atoms with Crippen LogP contribution in [-0.4, -0.2) is 37.6 Å². The lowest BCUT2D eigenvalue weighted by Crippen LogP contribution is -2.28. The van der Waals surface area contributed by atoms with Gasteiger partial charge in [-0.1, -0.05) is 36.4 Å². The average molecular weight is 428 g/mol. The second-order valence-corrected chi connectivity index (χ2v) is 8.10. The molecule has 0 spiro atoms. The van der Waals surface area contributed by atoms with Crippen LogP contribution in [0.5, 0.6) is 5.75 Å². The van der Waals surface area contributed by atoms with Crippen LogP contribution in [0, 0.1) is 12.8 Å². The fourth-order valence-electron chi connectivity index (χ4n) is 4.14. The molecule has 162 valence electrons. The van der Waals surface area contributed by atoms with Gasteiger partial charge in [0.2, 0.25) is 5.91 Å². The Morgan fingerprint density at radius 3 is 2.78 bits per heavy atom. The first-order valence-corrected chi connectivity index (χ1v) is 10.5. The number of nitrogens with zero attached hydrogens (tertiary/aromatic N) is 5.